The largest absolute Gasteiger partial charge is 0.491 e. The van der Waals surface area contributed by atoms with Crippen molar-refractivity contribution >= 4 is 5.91 Å². The molecule has 0 unspecified atom stereocenters. The van der Waals surface area contributed by atoms with E-state index in [2.05, 4.69) is 11.4 Å². The third-order valence-corrected chi connectivity index (χ3v) is 3.37. The lowest BCUT2D eigenvalue weighted by molar-refractivity contribution is -0.123. The van der Waals surface area contributed by atoms with E-state index in [9.17, 15) is 4.79 Å². The van der Waals surface area contributed by atoms with Crippen molar-refractivity contribution in [1.82, 2.24) is 5.32 Å². The van der Waals surface area contributed by atoms with E-state index in [0.717, 1.165) is 11.3 Å². The third kappa shape index (κ3) is 5.33. The molecule has 0 aliphatic heterocycles. The summed E-state index contributed by atoms with van der Waals surface area (Å²) in [6, 6.07) is 14.6. The van der Waals surface area contributed by atoms with Crippen LogP contribution in [-0.4, -0.2) is 25.7 Å². The fourth-order valence-electron chi connectivity index (χ4n) is 2.14. The number of ether oxygens (including phenoxy) is 2. The van der Waals surface area contributed by atoms with Crippen molar-refractivity contribution in [3.05, 3.63) is 59.2 Å². The Morgan fingerprint density at radius 3 is 2.54 bits per heavy atom. The average molecular weight is 324 g/mol. The summed E-state index contributed by atoms with van der Waals surface area (Å²) in [7, 11) is 0. The number of nitrogens with zero attached hydrogens (tertiary/aromatic N) is 1. The number of hydrogen-bond acceptors (Lipinski definition) is 4. The van der Waals surface area contributed by atoms with E-state index in [1.807, 2.05) is 32.0 Å². The SMILES string of the molecule is Cc1ccc(OCCNC(=O)COc2ccc(C#N)cc2)c(C)c1. The summed E-state index contributed by atoms with van der Waals surface area (Å²) in [6.07, 6.45) is 0. The number of rotatable bonds is 7. The number of nitriles is 1. The molecule has 2 aromatic rings. The molecule has 5 heteroatoms. The lowest BCUT2D eigenvalue weighted by Crippen LogP contribution is -2.32. The van der Waals surface area contributed by atoms with E-state index in [-0.39, 0.29) is 12.5 Å². The molecule has 0 atom stereocenters. The Bertz CT molecular complexity index is 733. The minimum absolute atomic E-state index is 0.0739. The summed E-state index contributed by atoms with van der Waals surface area (Å²) in [5, 5.41) is 11.4. The molecule has 0 bridgehead atoms. The fraction of sp³-hybridized carbons (Fsp3) is 0.263. The number of carbonyl (C=O) groups excluding carboxylic acids is 1. The number of benzene rings is 2. The predicted octanol–water partition coefficient (Wildman–Crippen LogP) is 2.75. The molecule has 0 saturated carbocycles. The lowest BCUT2D eigenvalue weighted by atomic mass is 10.1. The zero-order valence-electron chi connectivity index (χ0n) is 13.8. The fourth-order valence-corrected chi connectivity index (χ4v) is 2.14. The van der Waals surface area contributed by atoms with Crippen LogP contribution in [0.3, 0.4) is 0 Å². The first-order valence-corrected chi connectivity index (χ1v) is 7.68. The highest BCUT2D eigenvalue weighted by Crippen LogP contribution is 2.18. The summed E-state index contributed by atoms with van der Waals surface area (Å²) in [5.74, 6) is 1.16. The standard InChI is InChI=1S/C19H20N2O3/c1-14-3-8-18(15(2)11-14)23-10-9-21-19(22)13-24-17-6-4-16(12-20)5-7-17/h3-8,11H,9-10,13H2,1-2H3,(H,21,22). The second-order valence-electron chi connectivity index (χ2n) is 5.39. The van der Waals surface area contributed by atoms with Crippen LogP contribution in [0, 0.1) is 25.2 Å². The van der Waals surface area contributed by atoms with Gasteiger partial charge < -0.3 is 14.8 Å². The Kier molecular flexibility index (Phi) is 6.21. The summed E-state index contributed by atoms with van der Waals surface area (Å²) in [4.78, 5) is 11.7. The minimum Gasteiger partial charge on any atom is -0.491 e. The van der Waals surface area contributed by atoms with E-state index in [0.29, 0.717) is 24.5 Å². The zero-order chi connectivity index (χ0) is 17.4. The van der Waals surface area contributed by atoms with Crippen LogP contribution in [0.2, 0.25) is 0 Å². The molecule has 2 rings (SSSR count). The number of aryl methyl sites for hydroxylation is 2. The van der Waals surface area contributed by atoms with Crippen molar-refractivity contribution in [2.45, 2.75) is 13.8 Å². The molecule has 0 heterocycles. The van der Waals surface area contributed by atoms with Gasteiger partial charge in [0.15, 0.2) is 6.61 Å². The highest BCUT2D eigenvalue weighted by Gasteiger charge is 2.04. The van der Waals surface area contributed by atoms with Gasteiger partial charge in [0.1, 0.15) is 18.1 Å². The first kappa shape index (κ1) is 17.4. The molecule has 1 N–H and O–H groups in total. The lowest BCUT2D eigenvalue weighted by Gasteiger charge is -2.11. The normalized spacial score (nSPS) is 9.88. The smallest absolute Gasteiger partial charge is 0.258 e. The van der Waals surface area contributed by atoms with Crippen LogP contribution in [0.4, 0.5) is 0 Å². The molecular weight excluding hydrogens is 304 g/mol. The van der Waals surface area contributed by atoms with Gasteiger partial charge in [0.05, 0.1) is 18.2 Å². The monoisotopic (exact) mass is 324 g/mol. The first-order valence-electron chi connectivity index (χ1n) is 7.68. The van der Waals surface area contributed by atoms with Gasteiger partial charge in [-0.3, -0.25) is 4.79 Å². The molecule has 0 saturated heterocycles. The van der Waals surface area contributed by atoms with Crippen molar-refractivity contribution in [2.24, 2.45) is 0 Å². The van der Waals surface area contributed by atoms with Crippen LogP contribution in [-0.2, 0) is 4.79 Å². The minimum atomic E-state index is -0.219. The second kappa shape index (κ2) is 8.59. The van der Waals surface area contributed by atoms with Gasteiger partial charge in [-0.1, -0.05) is 17.7 Å². The van der Waals surface area contributed by atoms with Crippen LogP contribution in [0.15, 0.2) is 42.5 Å². The number of nitrogens with one attached hydrogen (secondary N) is 1. The molecule has 0 aromatic heterocycles. The maximum Gasteiger partial charge on any atom is 0.258 e. The van der Waals surface area contributed by atoms with E-state index in [1.54, 1.807) is 24.3 Å². The van der Waals surface area contributed by atoms with Gasteiger partial charge in [-0.25, -0.2) is 0 Å². The molecule has 0 spiro atoms. The van der Waals surface area contributed by atoms with Gasteiger partial charge in [-0.2, -0.15) is 5.26 Å². The molecule has 5 nitrogen and oxygen atoms in total. The Hall–Kier alpha value is -3.00. The van der Waals surface area contributed by atoms with Gasteiger partial charge in [0, 0.05) is 0 Å². The predicted molar refractivity (Wildman–Crippen MR) is 91.1 cm³/mol. The third-order valence-electron chi connectivity index (χ3n) is 3.37. The second-order valence-corrected chi connectivity index (χ2v) is 5.39. The van der Waals surface area contributed by atoms with Gasteiger partial charge >= 0.3 is 0 Å². The van der Waals surface area contributed by atoms with Crippen molar-refractivity contribution < 1.29 is 14.3 Å². The van der Waals surface area contributed by atoms with Crippen molar-refractivity contribution in [2.75, 3.05) is 19.8 Å². The molecule has 124 valence electrons. The van der Waals surface area contributed by atoms with Crippen LogP contribution in [0.25, 0.3) is 0 Å². The topological polar surface area (TPSA) is 71.3 Å². The van der Waals surface area contributed by atoms with E-state index in [1.165, 1.54) is 5.56 Å². The van der Waals surface area contributed by atoms with Crippen LogP contribution < -0.4 is 14.8 Å². The Balaban J connectivity index is 1.66. The molecular formula is C19H20N2O3. The van der Waals surface area contributed by atoms with Gasteiger partial charge in [-0.15, -0.1) is 0 Å². The maximum atomic E-state index is 11.7. The molecule has 1 amide bonds. The number of carbonyl (C=O) groups is 1. The maximum absolute atomic E-state index is 11.7. The first-order chi connectivity index (χ1) is 11.6. The quantitative estimate of drug-likeness (QED) is 0.795. The van der Waals surface area contributed by atoms with E-state index in [4.69, 9.17) is 14.7 Å². The Morgan fingerprint density at radius 1 is 1.12 bits per heavy atom. The summed E-state index contributed by atoms with van der Waals surface area (Å²) in [5.41, 5.74) is 2.81. The van der Waals surface area contributed by atoms with Crippen molar-refractivity contribution in [3.8, 4) is 17.6 Å². The molecule has 24 heavy (non-hydrogen) atoms. The molecule has 0 fully saturated rings. The molecule has 0 radical (unpaired) electrons. The Morgan fingerprint density at radius 2 is 1.88 bits per heavy atom. The molecule has 0 aliphatic rings. The Labute approximate surface area is 141 Å². The molecule has 2 aromatic carbocycles. The summed E-state index contributed by atoms with van der Waals surface area (Å²) in [6.45, 7) is 4.75. The molecule has 0 aliphatic carbocycles. The number of amides is 1. The van der Waals surface area contributed by atoms with Gasteiger partial charge in [0.2, 0.25) is 0 Å². The van der Waals surface area contributed by atoms with Crippen molar-refractivity contribution in [1.29, 1.82) is 5.26 Å². The van der Waals surface area contributed by atoms with Crippen molar-refractivity contribution in [3.63, 3.8) is 0 Å². The van der Waals surface area contributed by atoms with Crippen LogP contribution in [0.1, 0.15) is 16.7 Å². The van der Waals surface area contributed by atoms with Crippen LogP contribution >= 0.6 is 0 Å². The number of hydrogen-bond donors (Lipinski definition) is 1. The van der Waals surface area contributed by atoms with Crippen LogP contribution in [0.5, 0.6) is 11.5 Å². The summed E-state index contributed by atoms with van der Waals surface area (Å²) >= 11 is 0. The van der Waals surface area contributed by atoms with E-state index < -0.39 is 0 Å². The van der Waals surface area contributed by atoms with E-state index >= 15 is 0 Å². The van der Waals surface area contributed by atoms with Gasteiger partial charge in [-0.05, 0) is 49.7 Å². The zero-order valence-corrected chi connectivity index (χ0v) is 13.8. The highest BCUT2D eigenvalue weighted by molar-refractivity contribution is 5.77. The average Bonchev–Trinajstić information content (AvgIpc) is 2.59. The summed E-state index contributed by atoms with van der Waals surface area (Å²) < 4.78 is 11.0. The highest BCUT2D eigenvalue weighted by atomic mass is 16.5. The van der Waals surface area contributed by atoms with Gasteiger partial charge in [0.25, 0.3) is 5.91 Å².